The molecule has 0 fully saturated rings. The summed E-state index contributed by atoms with van der Waals surface area (Å²) in [6.07, 6.45) is 9.64. The van der Waals surface area contributed by atoms with Gasteiger partial charge in [0.2, 0.25) is 0 Å². The van der Waals surface area contributed by atoms with E-state index >= 15 is 0 Å². The summed E-state index contributed by atoms with van der Waals surface area (Å²) in [4.78, 5) is 77.6. The molecule has 6 heterocycles. The van der Waals surface area contributed by atoms with E-state index in [9.17, 15) is 29.1 Å². The van der Waals surface area contributed by atoms with Crippen molar-refractivity contribution in [2.24, 2.45) is 0 Å². The van der Waals surface area contributed by atoms with Crippen LogP contribution in [-0.4, -0.2) is 110 Å². The highest BCUT2D eigenvalue weighted by Gasteiger charge is 2.35. The number of nitrogens with two attached hydrogens (primary N) is 1. The van der Waals surface area contributed by atoms with Crippen molar-refractivity contribution < 1.29 is 62.5 Å². The Morgan fingerprint density at radius 3 is 1.28 bits per heavy atom. The Morgan fingerprint density at radius 1 is 0.466 bits per heavy atom. The molecule has 88 heavy (non-hydrogen) atoms. The third-order valence-electron chi connectivity index (χ3n) is 14.1. The van der Waals surface area contributed by atoms with Crippen LogP contribution in [0.15, 0.2) is 218 Å². The average molecular weight is 1290 g/mol. The number of amides is 4. The van der Waals surface area contributed by atoms with Gasteiger partial charge < -0.3 is 60.2 Å². The van der Waals surface area contributed by atoms with Crippen molar-refractivity contribution in [2.45, 2.75) is 52.7 Å². The third-order valence-corrected chi connectivity index (χ3v) is 14.1. The maximum Gasteiger partial charge on any atom is 0.410 e. The zero-order valence-electron chi connectivity index (χ0n) is 49.8. The van der Waals surface area contributed by atoms with Crippen molar-refractivity contribution in [3.63, 3.8) is 0 Å². The van der Waals surface area contributed by atoms with Crippen molar-refractivity contribution in [1.82, 2.24) is 30.1 Å². The van der Waals surface area contributed by atoms with Gasteiger partial charge in [0, 0.05) is 111 Å². The van der Waals surface area contributed by atoms with Gasteiger partial charge in [-0.2, -0.15) is 0 Å². The summed E-state index contributed by atoms with van der Waals surface area (Å²) in [6.45, 7) is 13.0. The number of anilines is 3. The van der Waals surface area contributed by atoms with E-state index in [0.717, 1.165) is 77.1 Å². The molecular formula is C70H69IN9O8-. The van der Waals surface area contributed by atoms with Crippen LogP contribution in [0.1, 0.15) is 58.2 Å². The molecule has 12 rings (SSSR count). The van der Waals surface area contributed by atoms with E-state index < -0.39 is 29.4 Å². The number of aliphatic carboxylic acids is 1. The van der Waals surface area contributed by atoms with Crippen molar-refractivity contribution >= 4 is 96.1 Å². The molecule has 6 aromatic carbocycles. The molecule has 18 heteroatoms. The van der Waals surface area contributed by atoms with Gasteiger partial charge in [-0.3, -0.25) is 34.3 Å². The Labute approximate surface area is 528 Å². The van der Waals surface area contributed by atoms with Crippen molar-refractivity contribution in [3.05, 3.63) is 234 Å². The van der Waals surface area contributed by atoms with Crippen LogP contribution in [-0.2, 0) is 23.9 Å². The second-order valence-corrected chi connectivity index (χ2v) is 22.7. The highest BCUT2D eigenvalue weighted by atomic mass is 127. The molecular weight excluding hydrogens is 1220 g/mol. The summed E-state index contributed by atoms with van der Waals surface area (Å²) in [5.74, 6) is -1.28. The number of benzene rings is 6. The highest BCUT2D eigenvalue weighted by Crippen LogP contribution is 2.32. The van der Waals surface area contributed by atoms with E-state index in [-0.39, 0.29) is 61.0 Å². The van der Waals surface area contributed by atoms with Crippen LogP contribution >= 0.6 is 0 Å². The van der Waals surface area contributed by atoms with Gasteiger partial charge in [-0.05, 0) is 111 Å². The Morgan fingerprint density at radius 2 is 0.852 bits per heavy atom. The second kappa shape index (κ2) is 29.1. The normalized spacial score (nSPS) is 13.8. The molecule has 6 N–H and O–H groups in total. The van der Waals surface area contributed by atoms with Crippen LogP contribution in [0.25, 0.3) is 49.0 Å². The molecule has 0 saturated carbocycles. The van der Waals surface area contributed by atoms with Gasteiger partial charge in [0.05, 0.1) is 31.8 Å². The van der Waals surface area contributed by atoms with Gasteiger partial charge in [-0.25, -0.2) is 14.4 Å². The van der Waals surface area contributed by atoms with Gasteiger partial charge in [-0.1, -0.05) is 127 Å². The Balaban J connectivity index is 0.000000159. The lowest BCUT2D eigenvalue weighted by molar-refractivity contribution is -0.132. The number of nitrogen functional groups attached to an aromatic ring is 1. The lowest BCUT2D eigenvalue weighted by Gasteiger charge is -2.24. The minimum absolute atomic E-state index is 0. The minimum Gasteiger partial charge on any atom is -1.00 e. The first-order chi connectivity index (χ1) is 41.8. The summed E-state index contributed by atoms with van der Waals surface area (Å²) in [5.41, 5.74) is 13.8. The number of carbonyl (C=O) groups is 5. The predicted molar refractivity (Wildman–Crippen MR) is 343 cm³/mol. The summed E-state index contributed by atoms with van der Waals surface area (Å²) < 4.78 is 10.8. The minimum atomic E-state index is -1.00. The number of nitrogens with zero attached hydrogens (tertiary/aromatic N) is 5. The number of ether oxygens (including phenoxy) is 2. The molecule has 4 amide bonds. The third kappa shape index (κ3) is 16.6. The molecule has 0 atom stereocenters. The summed E-state index contributed by atoms with van der Waals surface area (Å²) in [5, 5.41) is 24.7. The van der Waals surface area contributed by atoms with Crippen LogP contribution in [0.5, 0.6) is 0 Å². The number of fused-ring (bicyclic) bond motifs is 3. The van der Waals surface area contributed by atoms with Crippen LogP contribution in [0, 0.1) is 0 Å². The largest absolute Gasteiger partial charge is 1.00 e. The van der Waals surface area contributed by atoms with E-state index in [0.29, 0.717) is 36.5 Å². The number of hydrogen-bond acceptors (Lipinski definition) is 12. The SMILES string of the molecule is CC(C)(C)OC(=O)N1CC(C(=O)Nc2cccc3cnccc23)=C(c2ccccc2)C1.CC(C)(C)OC(=O)N1CC(C(=O)O)=C(c2ccccc2)C1.Nc1cccc2cnccc12.O=C(Nc1cccc2cnccc12)C1=C(c2ccccc2)CNC1.[I-]. The van der Waals surface area contributed by atoms with E-state index in [4.69, 9.17) is 15.2 Å². The molecule has 3 aliphatic rings. The van der Waals surface area contributed by atoms with E-state index in [2.05, 4.69) is 30.9 Å². The second-order valence-electron chi connectivity index (χ2n) is 22.7. The number of pyridine rings is 3. The fourth-order valence-electron chi connectivity index (χ4n) is 10.0. The molecule has 0 unspecified atom stereocenters. The first-order valence-corrected chi connectivity index (χ1v) is 28.4. The quantitative estimate of drug-likeness (QED) is 0.0706. The lowest BCUT2D eigenvalue weighted by Crippen LogP contribution is -3.00. The monoisotopic (exact) mass is 1290 g/mol. The summed E-state index contributed by atoms with van der Waals surface area (Å²) in [7, 11) is 0. The number of carboxylic acids is 1. The number of carboxylic acid groups (broad SMARTS) is 1. The molecule has 0 bridgehead atoms. The fourth-order valence-corrected chi connectivity index (χ4v) is 10.0. The summed E-state index contributed by atoms with van der Waals surface area (Å²) in [6, 6.07) is 52.0. The number of carbonyl (C=O) groups excluding carboxylic acids is 4. The summed E-state index contributed by atoms with van der Waals surface area (Å²) >= 11 is 0. The van der Waals surface area contributed by atoms with E-state index in [1.54, 1.807) is 56.7 Å². The predicted octanol–water partition coefficient (Wildman–Crippen LogP) is 9.70. The number of halogens is 1. The molecule has 9 aromatic rings. The molecule has 0 saturated heterocycles. The maximum atomic E-state index is 13.3. The Bertz CT molecular complexity index is 4070. The zero-order valence-corrected chi connectivity index (χ0v) is 51.9. The molecule has 450 valence electrons. The number of nitrogens with one attached hydrogen (secondary N) is 3. The topological polar surface area (TPSA) is 231 Å². The fraction of sp³-hybridized carbons (Fsp3) is 0.200. The van der Waals surface area contributed by atoms with Gasteiger partial charge >= 0.3 is 18.2 Å². The van der Waals surface area contributed by atoms with Gasteiger partial charge in [0.15, 0.2) is 0 Å². The molecule has 0 radical (unpaired) electrons. The lowest BCUT2D eigenvalue weighted by atomic mass is 10.0. The van der Waals surface area contributed by atoms with Crippen molar-refractivity contribution in [3.8, 4) is 0 Å². The molecule has 17 nitrogen and oxygen atoms in total. The first kappa shape index (κ1) is 64.2. The van der Waals surface area contributed by atoms with Crippen LogP contribution < -0.4 is 45.7 Å². The molecule has 0 spiro atoms. The van der Waals surface area contributed by atoms with Gasteiger partial charge in [0.1, 0.15) is 11.2 Å². The van der Waals surface area contributed by atoms with Crippen LogP contribution in [0.2, 0.25) is 0 Å². The molecule has 3 aliphatic heterocycles. The Hall–Kier alpha value is -9.79. The van der Waals surface area contributed by atoms with Crippen LogP contribution in [0.3, 0.4) is 0 Å². The van der Waals surface area contributed by atoms with Crippen LogP contribution in [0.4, 0.5) is 26.7 Å². The average Bonchev–Trinajstić information content (AvgIpc) is 4.54. The standard InChI is InChI=1S/C25H25N3O3.C20H17N3O.C16H19NO4.C9H8N2.HI/c1-25(2,3)31-24(30)28-15-20(17-8-5-4-6-9-17)21(16-28)23(29)27-22-11-7-10-18-14-26-13-12-19(18)22;24-20(18-13-22-12-17(18)14-5-2-1-3-6-14)23-19-8-4-7-15-11-21-10-9-16(15)19;1-16(2,3)21-15(20)17-9-12(13(10-17)14(18)19)11-7-5-4-6-8-11;10-9-3-1-2-7-6-11-5-4-8(7)9;/h4-14H,15-16H2,1-3H3,(H,27,29);1-11,22H,12-13H2,(H,23,24);4-8H,9-10H2,1-3H3,(H,18,19);1-6H,10H2;1H/p-1. The van der Waals surface area contributed by atoms with Crippen molar-refractivity contribution in [2.75, 3.05) is 55.6 Å². The van der Waals surface area contributed by atoms with E-state index in [1.165, 1.54) is 4.90 Å². The van der Waals surface area contributed by atoms with Gasteiger partial charge in [0.25, 0.3) is 11.8 Å². The molecule has 0 aliphatic carbocycles. The smallest absolute Gasteiger partial charge is 0.410 e. The Kier molecular flexibility index (Phi) is 21.2. The molecule has 3 aromatic heterocycles. The van der Waals surface area contributed by atoms with Crippen molar-refractivity contribution in [1.29, 1.82) is 0 Å². The maximum absolute atomic E-state index is 13.3. The van der Waals surface area contributed by atoms with Gasteiger partial charge in [-0.15, -0.1) is 0 Å². The number of rotatable bonds is 8. The van der Waals surface area contributed by atoms with E-state index in [1.807, 2.05) is 191 Å². The first-order valence-electron chi connectivity index (χ1n) is 28.4. The highest BCUT2D eigenvalue weighted by molar-refractivity contribution is 6.14. The number of hydrogen-bond donors (Lipinski definition) is 5. The zero-order chi connectivity index (χ0) is 61.7. The number of aromatic nitrogens is 3.